The number of esters is 4. The first-order valence-electron chi connectivity index (χ1n) is 13.9. The van der Waals surface area contributed by atoms with Crippen molar-refractivity contribution in [1.29, 1.82) is 0 Å². The standard InChI is InChI=1S/C31H42O9/c1-16-15-21-28(7,31(26(36)38-10)24(40-19(4)33)17(2)23(34)29(16,31)8)13-11-20-27(5,6)22(39-18(3)32)12-14-30(20,21)25(35)37-9/h15,20-22H,11-14H2,1-10H3. The molecule has 0 spiro atoms. The van der Waals surface area contributed by atoms with E-state index in [-0.39, 0.29) is 29.0 Å². The van der Waals surface area contributed by atoms with Crippen LogP contribution >= 0.6 is 0 Å². The highest BCUT2D eigenvalue weighted by molar-refractivity contribution is 6.11. The van der Waals surface area contributed by atoms with E-state index in [1.165, 1.54) is 28.1 Å². The number of methoxy groups -OCH3 is 2. The van der Waals surface area contributed by atoms with Gasteiger partial charge in [-0.05, 0) is 57.8 Å². The van der Waals surface area contributed by atoms with E-state index in [0.29, 0.717) is 31.3 Å². The van der Waals surface area contributed by atoms with Crippen molar-refractivity contribution in [2.45, 2.75) is 87.2 Å². The van der Waals surface area contributed by atoms with E-state index in [1.807, 2.05) is 26.8 Å². The van der Waals surface area contributed by atoms with Gasteiger partial charge in [-0.15, -0.1) is 0 Å². The Morgan fingerprint density at radius 3 is 2.00 bits per heavy atom. The van der Waals surface area contributed by atoms with Crippen molar-refractivity contribution < 1.29 is 42.9 Å². The molecule has 0 aromatic rings. The van der Waals surface area contributed by atoms with E-state index < -0.39 is 57.0 Å². The van der Waals surface area contributed by atoms with E-state index in [9.17, 15) is 24.0 Å². The summed E-state index contributed by atoms with van der Waals surface area (Å²) >= 11 is 0. The van der Waals surface area contributed by atoms with Gasteiger partial charge in [0.1, 0.15) is 17.3 Å². The number of carbonyl (C=O) groups excluding carboxylic acids is 5. The summed E-state index contributed by atoms with van der Waals surface area (Å²) in [4.78, 5) is 66.9. The van der Waals surface area contributed by atoms with Gasteiger partial charge < -0.3 is 18.9 Å². The molecule has 220 valence electrons. The Hall–Kier alpha value is -2.97. The highest BCUT2D eigenvalue weighted by atomic mass is 16.6. The summed E-state index contributed by atoms with van der Waals surface area (Å²) in [6.07, 6.45) is 3.24. The van der Waals surface area contributed by atoms with Crippen LogP contribution in [-0.2, 0) is 42.9 Å². The van der Waals surface area contributed by atoms with Crippen molar-refractivity contribution >= 4 is 29.7 Å². The lowest BCUT2D eigenvalue weighted by Gasteiger charge is -2.68. The SMILES string of the molecule is COC(=O)C12CCC(OC(C)=O)C(C)(C)C1CCC1(C)C2C=C(C)C2(C)C(=O)C(C)=C(OC(C)=O)C21C(=O)OC. The molecule has 0 bridgehead atoms. The first kappa shape index (κ1) is 30.0. The Morgan fingerprint density at radius 2 is 1.48 bits per heavy atom. The van der Waals surface area contributed by atoms with Gasteiger partial charge in [0.15, 0.2) is 5.78 Å². The third-order valence-corrected chi connectivity index (χ3v) is 11.3. The number of fused-ring (bicyclic) bond motifs is 5. The van der Waals surface area contributed by atoms with Crippen molar-refractivity contribution in [3.05, 3.63) is 23.0 Å². The monoisotopic (exact) mass is 558 g/mol. The van der Waals surface area contributed by atoms with Crippen LogP contribution in [0.3, 0.4) is 0 Å². The number of hydrogen-bond donors (Lipinski definition) is 0. The molecule has 0 N–H and O–H groups in total. The smallest absolute Gasteiger partial charge is 0.321 e. The van der Waals surface area contributed by atoms with Crippen molar-refractivity contribution in [3.8, 4) is 0 Å². The molecule has 7 atom stereocenters. The molecule has 0 aliphatic heterocycles. The molecule has 40 heavy (non-hydrogen) atoms. The molecule has 4 aliphatic rings. The molecule has 9 heteroatoms. The third-order valence-electron chi connectivity index (χ3n) is 11.3. The van der Waals surface area contributed by atoms with Crippen LogP contribution in [0.15, 0.2) is 23.0 Å². The van der Waals surface area contributed by atoms with Crippen LogP contribution in [0.25, 0.3) is 0 Å². The van der Waals surface area contributed by atoms with Crippen molar-refractivity contribution in [2.24, 2.45) is 38.9 Å². The van der Waals surface area contributed by atoms with Gasteiger partial charge in [-0.25, -0.2) is 0 Å². The number of Topliss-reactive ketones (excluding diaryl/α,β-unsaturated/α-hetero) is 1. The first-order valence-corrected chi connectivity index (χ1v) is 13.9. The van der Waals surface area contributed by atoms with Crippen molar-refractivity contribution in [3.63, 3.8) is 0 Å². The summed E-state index contributed by atoms with van der Waals surface area (Å²) in [5.41, 5.74) is -5.07. The number of carbonyl (C=O) groups is 5. The predicted octanol–water partition coefficient (Wildman–Crippen LogP) is 4.48. The lowest BCUT2D eigenvalue weighted by atomic mass is 9.33. The van der Waals surface area contributed by atoms with Gasteiger partial charge in [-0.1, -0.05) is 32.4 Å². The molecule has 4 rings (SSSR count). The maximum absolute atomic E-state index is 14.3. The third kappa shape index (κ3) is 3.29. The second-order valence-corrected chi connectivity index (χ2v) is 13.1. The Balaban J connectivity index is 2.08. The average molecular weight is 559 g/mol. The summed E-state index contributed by atoms with van der Waals surface area (Å²) < 4.78 is 22.5. The van der Waals surface area contributed by atoms with Crippen LogP contribution in [0, 0.1) is 38.9 Å². The minimum absolute atomic E-state index is 0.00521. The van der Waals surface area contributed by atoms with E-state index >= 15 is 0 Å². The molecule has 0 radical (unpaired) electrons. The summed E-state index contributed by atoms with van der Waals surface area (Å²) in [5, 5.41) is 0. The van der Waals surface area contributed by atoms with Gasteiger partial charge in [-0.3, -0.25) is 24.0 Å². The van der Waals surface area contributed by atoms with Crippen LogP contribution < -0.4 is 0 Å². The molecule has 2 fully saturated rings. The molecule has 0 saturated heterocycles. The molecular formula is C31H42O9. The highest BCUT2D eigenvalue weighted by Crippen LogP contribution is 2.78. The number of ketones is 1. The quantitative estimate of drug-likeness (QED) is 0.279. The molecule has 7 unspecified atom stereocenters. The van der Waals surface area contributed by atoms with Crippen LogP contribution in [0.5, 0.6) is 0 Å². The van der Waals surface area contributed by atoms with Crippen LogP contribution in [0.1, 0.15) is 81.1 Å². The molecule has 0 heterocycles. The van der Waals surface area contributed by atoms with Gasteiger partial charge in [-0.2, -0.15) is 0 Å². The van der Waals surface area contributed by atoms with E-state index in [1.54, 1.807) is 20.8 Å². The molecule has 0 amide bonds. The maximum Gasteiger partial charge on any atom is 0.321 e. The lowest BCUT2D eigenvalue weighted by Crippen LogP contribution is -2.71. The minimum Gasteiger partial charge on any atom is -0.469 e. The zero-order valence-electron chi connectivity index (χ0n) is 25.3. The molecule has 4 aliphatic carbocycles. The largest absolute Gasteiger partial charge is 0.469 e. The zero-order chi connectivity index (χ0) is 30.2. The number of ether oxygens (including phenoxy) is 4. The second-order valence-electron chi connectivity index (χ2n) is 13.1. The molecule has 9 nitrogen and oxygen atoms in total. The van der Waals surface area contributed by atoms with Crippen molar-refractivity contribution in [1.82, 2.24) is 0 Å². The second kappa shape index (κ2) is 9.28. The number of rotatable bonds is 4. The topological polar surface area (TPSA) is 122 Å². The van der Waals surface area contributed by atoms with Crippen molar-refractivity contribution in [2.75, 3.05) is 14.2 Å². The number of hydrogen-bond acceptors (Lipinski definition) is 9. The van der Waals surface area contributed by atoms with Gasteiger partial charge in [0.2, 0.25) is 0 Å². The normalized spacial score (nSPS) is 39.7. The highest BCUT2D eigenvalue weighted by Gasteiger charge is 2.82. The van der Waals surface area contributed by atoms with Gasteiger partial charge in [0.05, 0.1) is 25.0 Å². The van der Waals surface area contributed by atoms with E-state index in [2.05, 4.69) is 0 Å². The van der Waals surface area contributed by atoms with Gasteiger partial charge >= 0.3 is 23.9 Å². The van der Waals surface area contributed by atoms with Gasteiger partial charge in [0, 0.05) is 30.8 Å². The first-order chi connectivity index (χ1) is 18.5. The summed E-state index contributed by atoms with van der Waals surface area (Å²) in [6, 6.07) is 0. The maximum atomic E-state index is 14.3. The fourth-order valence-corrected chi connectivity index (χ4v) is 9.56. The molecular weight excluding hydrogens is 516 g/mol. The minimum atomic E-state index is -1.70. The van der Waals surface area contributed by atoms with Gasteiger partial charge in [0.25, 0.3) is 0 Å². The Labute approximate surface area is 236 Å². The molecule has 2 saturated carbocycles. The predicted molar refractivity (Wildman–Crippen MR) is 143 cm³/mol. The number of allylic oxidation sites excluding steroid dienone is 3. The summed E-state index contributed by atoms with van der Waals surface area (Å²) in [6.45, 7) is 13.7. The lowest BCUT2D eigenvalue weighted by molar-refractivity contribution is -0.231. The Bertz CT molecular complexity index is 1260. The van der Waals surface area contributed by atoms with Crippen LogP contribution in [-0.4, -0.2) is 50.0 Å². The Morgan fingerprint density at radius 1 is 0.875 bits per heavy atom. The van der Waals surface area contributed by atoms with Crippen LogP contribution in [0.4, 0.5) is 0 Å². The zero-order valence-corrected chi connectivity index (χ0v) is 25.3. The summed E-state index contributed by atoms with van der Waals surface area (Å²) in [5.74, 6) is -3.28. The fraction of sp³-hybridized carbons (Fsp3) is 0.710. The molecule has 0 aromatic carbocycles. The summed E-state index contributed by atoms with van der Waals surface area (Å²) in [7, 11) is 2.63. The Kier molecular flexibility index (Phi) is 6.96. The molecule has 0 aromatic heterocycles. The average Bonchev–Trinajstić information content (AvgIpc) is 3.05. The van der Waals surface area contributed by atoms with E-state index in [4.69, 9.17) is 18.9 Å². The van der Waals surface area contributed by atoms with Crippen LogP contribution in [0.2, 0.25) is 0 Å². The van der Waals surface area contributed by atoms with E-state index in [0.717, 1.165) is 0 Å². The fourth-order valence-electron chi connectivity index (χ4n) is 9.56.